The number of benzene rings is 2. The zero-order valence-electron chi connectivity index (χ0n) is 12.8. The number of aryl methyl sites for hydroxylation is 1. The first-order valence-electron chi connectivity index (χ1n) is 7.44. The molecular formula is C17H12F5NOS. The smallest absolute Gasteiger partial charge is 0.237 e. The summed E-state index contributed by atoms with van der Waals surface area (Å²) < 4.78 is 66.8. The highest BCUT2D eigenvalue weighted by molar-refractivity contribution is 8.00. The molecule has 0 fully saturated rings. The van der Waals surface area contributed by atoms with Gasteiger partial charge in [0, 0.05) is 12.2 Å². The molecule has 0 N–H and O–H groups in total. The van der Waals surface area contributed by atoms with Crippen LogP contribution in [0.3, 0.4) is 0 Å². The zero-order valence-corrected chi connectivity index (χ0v) is 13.6. The third kappa shape index (κ3) is 3.22. The van der Waals surface area contributed by atoms with Crippen LogP contribution in [0, 0.1) is 29.1 Å². The molecule has 0 bridgehead atoms. The van der Waals surface area contributed by atoms with Crippen LogP contribution < -0.4 is 4.90 Å². The van der Waals surface area contributed by atoms with Crippen molar-refractivity contribution < 1.29 is 26.7 Å². The van der Waals surface area contributed by atoms with Crippen LogP contribution in [0.25, 0.3) is 0 Å². The molecule has 0 radical (unpaired) electrons. The van der Waals surface area contributed by atoms with Crippen LogP contribution in [0.2, 0.25) is 0 Å². The van der Waals surface area contributed by atoms with Crippen molar-refractivity contribution in [1.29, 1.82) is 0 Å². The lowest BCUT2D eigenvalue weighted by atomic mass is 10.0. The van der Waals surface area contributed by atoms with Gasteiger partial charge in [0.1, 0.15) is 0 Å². The minimum atomic E-state index is -2.21. The number of thioether (sulfide) groups is 1. The molecule has 132 valence electrons. The highest BCUT2D eigenvalue weighted by Gasteiger charge is 2.28. The summed E-state index contributed by atoms with van der Waals surface area (Å²) in [5.74, 6) is -11.0. The normalized spacial score (nSPS) is 13.7. The van der Waals surface area contributed by atoms with Crippen molar-refractivity contribution in [3.8, 4) is 0 Å². The van der Waals surface area contributed by atoms with Crippen LogP contribution in [0.5, 0.6) is 0 Å². The molecule has 2 aromatic rings. The van der Waals surface area contributed by atoms with Gasteiger partial charge in [0.2, 0.25) is 11.7 Å². The van der Waals surface area contributed by atoms with E-state index in [0.29, 0.717) is 24.0 Å². The van der Waals surface area contributed by atoms with E-state index in [-0.39, 0.29) is 0 Å². The van der Waals surface area contributed by atoms with Crippen LogP contribution in [0.4, 0.5) is 27.6 Å². The van der Waals surface area contributed by atoms with Gasteiger partial charge >= 0.3 is 0 Å². The number of rotatable bonds is 3. The van der Waals surface area contributed by atoms with E-state index in [0.717, 1.165) is 18.4 Å². The van der Waals surface area contributed by atoms with Gasteiger partial charge in [-0.05, 0) is 24.5 Å². The van der Waals surface area contributed by atoms with Crippen molar-refractivity contribution in [2.45, 2.75) is 17.7 Å². The summed E-state index contributed by atoms with van der Waals surface area (Å²) in [7, 11) is 0. The van der Waals surface area contributed by atoms with E-state index in [9.17, 15) is 26.7 Å². The summed E-state index contributed by atoms with van der Waals surface area (Å²) in [6.07, 6.45) is 1.54. The predicted octanol–water partition coefficient (Wildman–Crippen LogP) is 4.45. The Labute approximate surface area is 144 Å². The molecule has 3 rings (SSSR count). The third-order valence-electron chi connectivity index (χ3n) is 3.92. The molecule has 0 spiro atoms. The molecule has 1 aliphatic heterocycles. The van der Waals surface area contributed by atoms with Gasteiger partial charge in [-0.1, -0.05) is 18.2 Å². The van der Waals surface area contributed by atoms with Gasteiger partial charge in [-0.15, -0.1) is 11.8 Å². The number of carbonyl (C=O) groups excluding carboxylic acids is 1. The monoisotopic (exact) mass is 373 g/mol. The Morgan fingerprint density at radius 1 is 0.960 bits per heavy atom. The van der Waals surface area contributed by atoms with E-state index < -0.39 is 45.6 Å². The summed E-state index contributed by atoms with van der Waals surface area (Å²) in [5.41, 5.74) is 1.68. The Kier molecular flexibility index (Phi) is 4.99. The van der Waals surface area contributed by atoms with E-state index in [2.05, 4.69) is 0 Å². The van der Waals surface area contributed by atoms with Gasteiger partial charge in [-0.2, -0.15) is 0 Å². The van der Waals surface area contributed by atoms with Gasteiger partial charge in [-0.25, -0.2) is 22.0 Å². The molecule has 25 heavy (non-hydrogen) atoms. The molecule has 1 heterocycles. The highest BCUT2D eigenvalue weighted by atomic mass is 32.2. The lowest BCUT2D eigenvalue weighted by molar-refractivity contribution is -0.116. The van der Waals surface area contributed by atoms with Crippen LogP contribution >= 0.6 is 11.8 Å². The first-order chi connectivity index (χ1) is 11.9. The highest BCUT2D eigenvalue weighted by Crippen LogP contribution is 2.32. The maximum absolute atomic E-state index is 13.7. The first kappa shape index (κ1) is 17.7. The number of nitrogens with zero attached hydrogens (tertiary/aromatic N) is 1. The van der Waals surface area contributed by atoms with Crippen molar-refractivity contribution in [2.75, 3.05) is 17.2 Å². The average Bonchev–Trinajstić information content (AvgIpc) is 2.64. The Morgan fingerprint density at radius 2 is 1.56 bits per heavy atom. The fraction of sp³-hybridized carbons (Fsp3) is 0.235. The molecule has 0 unspecified atom stereocenters. The molecule has 0 saturated carbocycles. The number of halogens is 5. The largest absolute Gasteiger partial charge is 0.311 e. The lowest BCUT2D eigenvalue weighted by Crippen LogP contribution is -2.36. The van der Waals surface area contributed by atoms with Crippen LogP contribution in [0.1, 0.15) is 12.0 Å². The standard InChI is InChI=1S/C17H12F5NOS/c18-12-13(19)15(21)17(16(22)14(12)20)25-8-11(24)23-7-3-5-9-4-1-2-6-10(9)23/h1-2,4,6H,3,5,7-8H2. The average molecular weight is 373 g/mol. The van der Waals surface area contributed by atoms with E-state index in [1.165, 1.54) is 4.90 Å². The molecule has 2 nitrogen and oxygen atoms in total. The van der Waals surface area contributed by atoms with Crippen molar-refractivity contribution >= 4 is 23.4 Å². The minimum Gasteiger partial charge on any atom is -0.311 e. The summed E-state index contributed by atoms with van der Waals surface area (Å²) in [6, 6.07) is 7.25. The first-order valence-corrected chi connectivity index (χ1v) is 8.43. The lowest BCUT2D eigenvalue weighted by Gasteiger charge is -2.29. The van der Waals surface area contributed by atoms with Crippen molar-refractivity contribution in [1.82, 2.24) is 0 Å². The Hall–Kier alpha value is -2.09. The number of hydrogen-bond donors (Lipinski definition) is 0. The van der Waals surface area contributed by atoms with E-state index >= 15 is 0 Å². The van der Waals surface area contributed by atoms with Crippen LogP contribution in [-0.4, -0.2) is 18.2 Å². The molecule has 0 atom stereocenters. The predicted molar refractivity (Wildman–Crippen MR) is 84.1 cm³/mol. The van der Waals surface area contributed by atoms with Gasteiger partial charge in [0.25, 0.3) is 0 Å². The van der Waals surface area contributed by atoms with E-state index in [1.807, 2.05) is 12.1 Å². The molecule has 1 aliphatic rings. The van der Waals surface area contributed by atoms with Crippen molar-refractivity contribution in [3.05, 3.63) is 58.9 Å². The number of amides is 1. The number of para-hydroxylation sites is 1. The summed E-state index contributed by atoms with van der Waals surface area (Å²) in [5, 5.41) is 0. The fourth-order valence-electron chi connectivity index (χ4n) is 2.72. The molecule has 8 heteroatoms. The third-order valence-corrected chi connectivity index (χ3v) is 4.96. The fourth-order valence-corrected chi connectivity index (χ4v) is 3.57. The molecular weight excluding hydrogens is 361 g/mol. The van der Waals surface area contributed by atoms with Crippen molar-refractivity contribution in [2.24, 2.45) is 0 Å². The molecule has 0 aromatic heterocycles. The zero-order chi connectivity index (χ0) is 18.1. The van der Waals surface area contributed by atoms with E-state index in [4.69, 9.17) is 0 Å². The van der Waals surface area contributed by atoms with Gasteiger partial charge in [0.15, 0.2) is 23.3 Å². The summed E-state index contributed by atoms with van der Waals surface area (Å²) >= 11 is 0.299. The number of anilines is 1. The summed E-state index contributed by atoms with van der Waals surface area (Å²) in [6.45, 7) is 0.438. The molecule has 0 saturated heterocycles. The SMILES string of the molecule is O=C(CSc1c(F)c(F)c(F)c(F)c1F)N1CCCc2ccccc21. The number of carbonyl (C=O) groups is 1. The molecule has 2 aromatic carbocycles. The second-order valence-corrected chi connectivity index (χ2v) is 6.45. The van der Waals surface area contributed by atoms with Crippen LogP contribution in [-0.2, 0) is 11.2 Å². The van der Waals surface area contributed by atoms with Crippen molar-refractivity contribution in [3.63, 3.8) is 0 Å². The van der Waals surface area contributed by atoms with Crippen LogP contribution in [0.15, 0.2) is 29.2 Å². The second-order valence-electron chi connectivity index (χ2n) is 5.47. The topological polar surface area (TPSA) is 20.3 Å². The number of fused-ring (bicyclic) bond motifs is 1. The Morgan fingerprint density at radius 3 is 2.24 bits per heavy atom. The Bertz CT molecular complexity index is 813. The number of hydrogen-bond acceptors (Lipinski definition) is 2. The van der Waals surface area contributed by atoms with E-state index in [1.54, 1.807) is 12.1 Å². The molecule has 1 amide bonds. The Balaban J connectivity index is 1.81. The second kappa shape index (κ2) is 7.03. The summed E-state index contributed by atoms with van der Waals surface area (Å²) in [4.78, 5) is 12.8. The maximum Gasteiger partial charge on any atom is 0.237 e. The van der Waals surface area contributed by atoms with Gasteiger partial charge < -0.3 is 4.90 Å². The van der Waals surface area contributed by atoms with Gasteiger partial charge in [-0.3, -0.25) is 4.79 Å². The minimum absolute atomic E-state index is 0.299. The quantitative estimate of drug-likeness (QED) is 0.343. The molecule has 0 aliphatic carbocycles. The van der Waals surface area contributed by atoms with Gasteiger partial charge in [0.05, 0.1) is 10.6 Å². The maximum atomic E-state index is 13.7.